The Balaban J connectivity index is 1.66. The average Bonchev–Trinajstić information content (AvgIpc) is 2.93. The second kappa shape index (κ2) is 6.32. The van der Waals surface area contributed by atoms with Gasteiger partial charge in [0.2, 0.25) is 5.91 Å². The molecule has 0 unspecified atom stereocenters. The lowest BCUT2D eigenvalue weighted by molar-refractivity contribution is -0.134. The third-order valence-electron chi connectivity index (χ3n) is 4.18. The summed E-state index contributed by atoms with van der Waals surface area (Å²) in [5.41, 5.74) is 2.44. The molecule has 0 saturated heterocycles. The topological polar surface area (TPSA) is 47.4 Å². The van der Waals surface area contributed by atoms with Crippen molar-refractivity contribution in [3.63, 3.8) is 0 Å². The standard InChI is InChI=1S/C17H21N3O2/c1-19-9-8-18-16(19)12-20(2)17(21)11-15-14-6-4-3-5-13(14)7-10-22-15/h3-6,8-9,15H,7,10-12H2,1-2H3/t15-/m1/s1. The van der Waals surface area contributed by atoms with Gasteiger partial charge in [-0.3, -0.25) is 4.79 Å². The molecule has 116 valence electrons. The minimum Gasteiger partial charge on any atom is -0.373 e. The number of carbonyl (C=O) groups is 1. The second-order valence-corrected chi connectivity index (χ2v) is 5.72. The molecular weight excluding hydrogens is 278 g/mol. The monoisotopic (exact) mass is 299 g/mol. The molecule has 2 aromatic rings. The number of hydrogen-bond donors (Lipinski definition) is 0. The van der Waals surface area contributed by atoms with Gasteiger partial charge >= 0.3 is 0 Å². The predicted molar refractivity (Wildman–Crippen MR) is 83.1 cm³/mol. The fourth-order valence-corrected chi connectivity index (χ4v) is 2.81. The van der Waals surface area contributed by atoms with Crippen molar-refractivity contribution in [2.24, 2.45) is 7.05 Å². The van der Waals surface area contributed by atoms with Crippen molar-refractivity contribution in [3.05, 3.63) is 53.6 Å². The van der Waals surface area contributed by atoms with Crippen LogP contribution < -0.4 is 0 Å². The third kappa shape index (κ3) is 3.04. The Bertz CT molecular complexity index is 665. The number of rotatable bonds is 4. The number of carbonyl (C=O) groups excluding carboxylic acids is 1. The highest BCUT2D eigenvalue weighted by Crippen LogP contribution is 2.29. The fraction of sp³-hybridized carbons (Fsp3) is 0.412. The van der Waals surface area contributed by atoms with Crippen LogP contribution in [0.15, 0.2) is 36.7 Å². The van der Waals surface area contributed by atoms with Gasteiger partial charge in [-0.2, -0.15) is 0 Å². The normalized spacial score (nSPS) is 17.1. The Labute approximate surface area is 130 Å². The van der Waals surface area contributed by atoms with E-state index in [1.165, 1.54) is 5.56 Å². The van der Waals surface area contributed by atoms with Crippen molar-refractivity contribution >= 4 is 5.91 Å². The number of nitrogens with zero attached hydrogens (tertiary/aromatic N) is 3. The lowest BCUT2D eigenvalue weighted by Crippen LogP contribution is -2.30. The number of amides is 1. The highest BCUT2D eigenvalue weighted by atomic mass is 16.5. The van der Waals surface area contributed by atoms with Gasteiger partial charge in [-0.1, -0.05) is 24.3 Å². The molecule has 0 aliphatic carbocycles. The Kier molecular flexibility index (Phi) is 4.24. The van der Waals surface area contributed by atoms with Gasteiger partial charge in [-0.25, -0.2) is 4.98 Å². The Hall–Kier alpha value is -2.14. The van der Waals surface area contributed by atoms with Gasteiger partial charge < -0.3 is 14.2 Å². The highest BCUT2D eigenvalue weighted by Gasteiger charge is 2.24. The molecule has 3 rings (SSSR count). The van der Waals surface area contributed by atoms with Crippen molar-refractivity contribution < 1.29 is 9.53 Å². The SMILES string of the molecule is CN(Cc1nccn1C)C(=O)C[C@H]1OCCc2ccccc21. The number of fused-ring (bicyclic) bond motifs is 1. The zero-order valence-corrected chi connectivity index (χ0v) is 13.0. The second-order valence-electron chi connectivity index (χ2n) is 5.72. The number of benzene rings is 1. The maximum atomic E-state index is 12.5. The molecular formula is C17H21N3O2. The van der Waals surface area contributed by atoms with Crippen LogP contribution in [0.25, 0.3) is 0 Å². The van der Waals surface area contributed by atoms with E-state index in [0.717, 1.165) is 17.8 Å². The molecule has 5 nitrogen and oxygen atoms in total. The molecule has 1 aromatic heterocycles. The van der Waals surface area contributed by atoms with Crippen molar-refractivity contribution in [3.8, 4) is 0 Å². The van der Waals surface area contributed by atoms with E-state index in [2.05, 4.69) is 17.1 Å². The van der Waals surface area contributed by atoms with E-state index >= 15 is 0 Å². The number of aromatic nitrogens is 2. The van der Waals surface area contributed by atoms with E-state index in [9.17, 15) is 4.79 Å². The van der Waals surface area contributed by atoms with E-state index < -0.39 is 0 Å². The smallest absolute Gasteiger partial charge is 0.225 e. The van der Waals surface area contributed by atoms with Gasteiger partial charge in [-0.05, 0) is 17.5 Å². The van der Waals surface area contributed by atoms with E-state index in [-0.39, 0.29) is 12.0 Å². The van der Waals surface area contributed by atoms with Crippen molar-refractivity contribution in [2.75, 3.05) is 13.7 Å². The van der Waals surface area contributed by atoms with Crippen LogP contribution in [-0.2, 0) is 29.5 Å². The quantitative estimate of drug-likeness (QED) is 0.868. The molecule has 1 aromatic carbocycles. The summed E-state index contributed by atoms with van der Waals surface area (Å²) >= 11 is 0. The molecule has 0 spiro atoms. The van der Waals surface area contributed by atoms with Crippen molar-refractivity contribution in [1.82, 2.24) is 14.5 Å². The number of imidazole rings is 1. The first-order valence-electron chi connectivity index (χ1n) is 7.54. The maximum absolute atomic E-state index is 12.5. The first-order chi connectivity index (χ1) is 10.6. The molecule has 1 atom stereocenters. The van der Waals surface area contributed by atoms with Gasteiger partial charge in [0.1, 0.15) is 5.82 Å². The van der Waals surface area contributed by atoms with Crippen LogP contribution in [-0.4, -0.2) is 34.0 Å². The van der Waals surface area contributed by atoms with Crippen LogP contribution in [0.2, 0.25) is 0 Å². The highest BCUT2D eigenvalue weighted by molar-refractivity contribution is 5.76. The maximum Gasteiger partial charge on any atom is 0.225 e. The first kappa shape index (κ1) is 14.8. The molecule has 1 amide bonds. The zero-order chi connectivity index (χ0) is 15.5. The minimum absolute atomic E-state index is 0.0738. The summed E-state index contributed by atoms with van der Waals surface area (Å²) in [6.45, 7) is 1.19. The Morgan fingerprint density at radius 3 is 3.05 bits per heavy atom. The molecule has 1 aliphatic heterocycles. The molecule has 0 N–H and O–H groups in total. The zero-order valence-electron chi connectivity index (χ0n) is 13.0. The van der Waals surface area contributed by atoms with Crippen molar-refractivity contribution in [2.45, 2.75) is 25.5 Å². The lowest BCUT2D eigenvalue weighted by atomic mass is 9.95. The van der Waals surface area contributed by atoms with Gasteiger partial charge in [0, 0.05) is 26.5 Å². The molecule has 2 heterocycles. The average molecular weight is 299 g/mol. The molecule has 0 bridgehead atoms. The summed E-state index contributed by atoms with van der Waals surface area (Å²) < 4.78 is 7.74. The van der Waals surface area contributed by atoms with Gasteiger partial charge in [-0.15, -0.1) is 0 Å². The molecule has 0 radical (unpaired) electrons. The Morgan fingerprint density at radius 2 is 2.27 bits per heavy atom. The lowest BCUT2D eigenvalue weighted by Gasteiger charge is -2.27. The van der Waals surface area contributed by atoms with Gasteiger partial charge in [0.25, 0.3) is 0 Å². The summed E-state index contributed by atoms with van der Waals surface area (Å²) in [6.07, 6.45) is 4.78. The number of aryl methyl sites for hydroxylation is 1. The number of ether oxygens (including phenoxy) is 1. The van der Waals surface area contributed by atoms with E-state index in [0.29, 0.717) is 19.6 Å². The van der Waals surface area contributed by atoms with Gasteiger partial charge in [0.15, 0.2) is 0 Å². The largest absolute Gasteiger partial charge is 0.373 e. The summed E-state index contributed by atoms with van der Waals surface area (Å²) in [5, 5.41) is 0. The molecule has 22 heavy (non-hydrogen) atoms. The number of hydrogen-bond acceptors (Lipinski definition) is 3. The predicted octanol–water partition coefficient (Wildman–Crippen LogP) is 2.08. The molecule has 5 heteroatoms. The van der Waals surface area contributed by atoms with E-state index in [4.69, 9.17) is 4.74 Å². The third-order valence-corrected chi connectivity index (χ3v) is 4.18. The fourth-order valence-electron chi connectivity index (χ4n) is 2.81. The summed E-state index contributed by atoms with van der Waals surface area (Å²) in [6, 6.07) is 8.22. The molecule has 1 aliphatic rings. The van der Waals surface area contributed by atoms with Crippen LogP contribution in [0.4, 0.5) is 0 Å². The van der Waals surface area contributed by atoms with E-state index in [1.54, 1.807) is 11.1 Å². The van der Waals surface area contributed by atoms with Crippen molar-refractivity contribution in [1.29, 1.82) is 0 Å². The van der Waals surface area contributed by atoms with Crippen LogP contribution in [0.3, 0.4) is 0 Å². The van der Waals surface area contributed by atoms with Gasteiger partial charge in [0.05, 0.1) is 25.7 Å². The summed E-state index contributed by atoms with van der Waals surface area (Å²) in [7, 11) is 3.74. The molecule has 0 saturated carbocycles. The van der Waals surface area contributed by atoms with Crippen LogP contribution >= 0.6 is 0 Å². The summed E-state index contributed by atoms with van der Waals surface area (Å²) in [5.74, 6) is 0.950. The first-order valence-corrected chi connectivity index (χ1v) is 7.54. The van der Waals surface area contributed by atoms with E-state index in [1.807, 2.05) is 37.0 Å². The van der Waals surface area contributed by atoms with Crippen LogP contribution in [0.1, 0.15) is 29.5 Å². The van der Waals surface area contributed by atoms with Crippen LogP contribution in [0, 0.1) is 0 Å². The molecule has 0 fully saturated rings. The summed E-state index contributed by atoms with van der Waals surface area (Å²) in [4.78, 5) is 18.4. The van der Waals surface area contributed by atoms with Crippen LogP contribution in [0.5, 0.6) is 0 Å². The minimum atomic E-state index is -0.138. The Morgan fingerprint density at radius 1 is 1.45 bits per heavy atom.